The maximum absolute atomic E-state index is 3.12. The smallest absolute Gasteiger partial charge is 0.109 e. The van der Waals surface area contributed by atoms with Crippen molar-refractivity contribution >= 4 is 5.49 Å². The van der Waals surface area contributed by atoms with Crippen LogP contribution in [0.3, 0.4) is 0 Å². The summed E-state index contributed by atoms with van der Waals surface area (Å²) < 4.78 is 0. The molecular weight excluding hydrogens is 446 g/mol. The second kappa shape index (κ2) is 15.7. The molecule has 0 unspecified atom stereocenters. The van der Waals surface area contributed by atoms with Crippen LogP contribution in [-0.2, 0) is 23.0 Å². The molecule has 4 heteroatoms. The third-order valence-corrected chi connectivity index (χ3v) is 1.94. The summed E-state index contributed by atoms with van der Waals surface area (Å²) in [6, 6.07) is 0. The van der Waals surface area contributed by atoms with Crippen LogP contribution < -0.4 is 24.8 Å². The average Bonchev–Trinajstić information content (AvgIpc) is 2.81. The van der Waals surface area contributed by atoms with Gasteiger partial charge in [-0.1, -0.05) is 6.92 Å². The van der Waals surface area contributed by atoms with Gasteiger partial charge in [0.1, 0.15) is 0 Å². The zero-order valence-corrected chi connectivity index (χ0v) is 17.6. The van der Waals surface area contributed by atoms with Crippen LogP contribution >= 0.6 is 0 Å². The number of allylic oxidation sites excluding steroid dienone is 8. The molecule has 100 valence electrons. The van der Waals surface area contributed by atoms with E-state index in [-0.39, 0.29) is 30.3 Å². The second-order valence-electron chi connectivity index (χ2n) is 3.99. The SMILES string of the molecule is CC1=C(C)C[C-]=C1.C[Si](C)=[Hf+2].[C-]1=CC=CC1.[Cl-].[Cl-]. The summed E-state index contributed by atoms with van der Waals surface area (Å²) >= 11 is 1.45. The fourth-order valence-electron chi connectivity index (χ4n) is 0.960. The van der Waals surface area contributed by atoms with Crippen LogP contribution in [0, 0.1) is 12.2 Å². The summed E-state index contributed by atoms with van der Waals surface area (Å²) in [5, 5.41) is 0. The molecule has 0 bridgehead atoms. The van der Waals surface area contributed by atoms with E-state index < -0.39 is 0 Å². The normalized spacial score (nSPS) is 13.9. The molecule has 0 aromatic heterocycles. The van der Waals surface area contributed by atoms with Gasteiger partial charge in [0.2, 0.25) is 0 Å². The van der Waals surface area contributed by atoms with Gasteiger partial charge in [-0.25, -0.2) is 23.8 Å². The topological polar surface area (TPSA) is 0 Å². The van der Waals surface area contributed by atoms with E-state index in [4.69, 9.17) is 0 Å². The second-order valence-corrected chi connectivity index (χ2v) is 16.8. The molecule has 0 heterocycles. The maximum Gasteiger partial charge on any atom is -0.109 e. The molecule has 0 aromatic carbocycles. The molecule has 0 saturated carbocycles. The van der Waals surface area contributed by atoms with E-state index in [9.17, 15) is 0 Å². The predicted molar refractivity (Wildman–Crippen MR) is 69.9 cm³/mol. The molecule has 0 spiro atoms. The van der Waals surface area contributed by atoms with Gasteiger partial charge in [0.05, 0.1) is 0 Å². The molecule has 0 atom stereocenters. The summed E-state index contributed by atoms with van der Waals surface area (Å²) in [7, 11) is 0. The van der Waals surface area contributed by atoms with Crippen molar-refractivity contribution in [2.75, 3.05) is 0 Å². The summed E-state index contributed by atoms with van der Waals surface area (Å²) in [4.78, 5) is 0. The van der Waals surface area contributed by atoms with Crippen molar-refractivity contribution < 1.29 is 47.8 Å². The van der Waals surface area contributed by atoms with Gasteiger partial charge < -0.3 is 24.8 Å². The predicted octanol–water partition coefficient (Wildman–Crippen LogP) is -1.82. The van der Waals surface area contributed by atoms with Crippen molar-refractivity contribution in [3.05, 3.63) is 47.6 Å². The minimum absolute atomic E-state index is 0. The standard InChI is InChI=1S/C7H9.C5H5.C2H6Si.2ClH.Hf/c1-6-4-3-5-7(6)2;1-2-4-5-3-1;1-3-2;;;/h4H,5H2,1-2H3;1-3H,4H2;1-2H3;2*1H;/q2*-1;;;;+2/p-2. The minimum Gasteiger partial charge on any atom is -1.00 e. The molecular formula is C14H20Cl2HfSi-2. The molecule has 0 saturated heterocycles. The Bertz CT molecular complexity index is 328. The Morgan fingerprint density at radius 3 is 1.83 bits per heavy atom. The Morgan fingerprint density at radius 1 is 1.17 bits per heavy atom. The molecule has 0 nitrogen and oxygen atoms in total. The Labute approximate surface area is 140 Å². The van der Waals surface area contributed by atoms with E-state index in [1.807, 2.05) is 12.2 Å². The fraction of sp³-hybridized carbons (Fsp3) is 0.429. The minimum atomic E-state index is 0. The maximum atomic E-state index is 3.12. The van der Waals surface area contributed by atoms with E-state index in [1.165, 1.54) is 34.1 Å². The van der Waals surface area contributed by atoms with Gasteiger partial charge in [0, 0.05) is 0 Å². The van der Waals surface area contributed by atoms with Crippen molar-refractivity contribution in [3.8, 4) is 0 Å². The van der Waals surface area contributed by atoms with E-state index in [0.717, 1.165) is 12.8 Å². The summed E-state index contributed by atoms with van der Waals surface area (Å²) in [6.45, 7) is 8.93. The molecule has 2 aliphatic carbocycles. The molecule has 0 aromatic rings. The van der Waals surface area contributed by atoms with Gasteiger partial charge in [-0.3, -0.25) is 12.2 Å². The first-order valence-corrected chi connectivity index (χ1v) is 13.4. The summed E-state index contributed by atoms with van der Waals surface area (Å²) in [5.74, 6) is 0. The van der Waals surface area contributed by atoms with Crippen LogP contribution in [0.25, 0.3) is 0 Å². The first-order valence-electron chi connectivity index (χ1n) is 5.50. The van der Waals surface area contributed by atoms with Gasteiger partial charge in [-0.05, 0) is 0 Å². The molecule has 2 aliphatic rings. The monoisotopic (exact) mass is 466 g/mol. The summed E-state index contributed by atoms with van der Waals surface area (Å²) in [6.07, 6.45) is 16.2. The third-order valence-electron chi connectivity index (χ3n) is 1.94. The van der Waals surface area contributed by atoms with E-state index in [0.29, 0.717) is 0 Å². The largest absolute Gasteiger partial charge is 1.00 e. The van der Waals surface area contributed by atoms with E-state index in [2.05, 4.69) is 51.2 Å². The third kappa shape index (κ3) is 16.6. The Kier molecular flexibility index (Phi) is 20.7. The average molecular weight is 466 g/mol. The van der Waals surface area contributed by atoms with Crippen molar-refractivity contribution in [1.82, 2.24) is 0 Å². The van der Waals surface area contributed by atoms with Gasteiger partial charge in [0.25, 0.3) is 0 Å². The van der Waals surface area contributed by atoms with Crippen LogP contribution in [0.1, 0.15) is 26.7 Å². The van der Waals surface area contributed by atoms with Gasteiger partial charge in [-0.2, -0.15) is 11.6 Å². The Balaban J connectivity index is -0.000000185. The molecule has 18 heavy (non-hydrogen) atoms. The molecule has 0 aliphatic heterocycles. The van der Waals surface area contributed by atoms with Gasteiger partial charge >= 0.3 is 41.6 Å². The van der Waals surface area contributed by atoms with Crippen LogP contribution in [0.15, 0.2) is 35.5 Å². The van der Waals surface area contributed by atoms with Gasteiger partial charge in [-0.15, -0.1) is 19.8 Å². The Hall–Kier alpha value is 0.627. The number of hydrogen-bond acceptors (Lipinski definition) is 0. The zero-order valence-electron chi connectivity index (χ0n) is 11.5. The first kappa shape index (κ1) is 23.7. The van der Waals surface area contributed by atoms with Crippen LogP contribution in [0.4, 0.5) is 0 Å². The summed E-state index contributed by atoms with van der Waals surface area (Å²) in [5.41, 5.74) is 3.11. The van der Waals surface area contributed by atoms with Crippen LogP contribution in [0.2, 0.25) is 13.1 Å². The number of hydrogen-bond donors (Lipinski definition) is 0. The number of halogens is 2. The van der Waals surface area contributed by atoms with E-state index >= 15 is 0 Å². The fourth-order valence-corrected chi connectivity index (χ4v) is 0.960. The quantitative estimate of drug-likeness (QED) is 0.292. The van der Waals surface area contributed by atoms with Crippen molar-refractivity contribution in [3.63, 3.8) is 0 Å². The Morgan fingerprint density at radius 2 is 1.72 bits per heavy atom. The van der Waals surface area contributed by atoms with Crippen LogP contribution in [0.5, 0.6) is 0 Å². The first-order chi connectivity index (χ1) is 7.54. The van der Waals surface area contributed by atoms with Crippen molar-refractivity contribution in [2.24, 2.45) is 0 Å². The van der Waals surface area contributed by atoms with Gasteiger partial charge in [0.15, 0.2) is 0 Å². The molecule has 0 amide bonds. The van der Waals surface area contributed by atoms with Crippen molar-refractivity contribution in [2.45, 2.75) is 39.8 Å². The number of rotatable bonds is 0. The molecule has 0 radical (unpaired) electrons. The zero-order chi connectivity index (χ0) is 12.4. The molecule has 2 rings (SSSR count). The van der Waals surface area contributed by atoms with Crippen LogP contribution in [-0.4, -0.2) is 5.49 Å². The molecule has 0 N–H and O–H groups in total. The molecule has 0 fully saturated rings. The van der Waals surface area contributed by atoms with Crippen molar-refractivity contribution in [1.29, 1.82) is 0 Å². The van der Waals surface area contributed by atoms with E-state index in [1.54, 1.807) is 0 Å².